The molecule has 4 rings (SSSR count). The number of piperazine rings is 1. The molecular formula is C20H28N4O2S2+2. The van der Waals surface area contributed by atoms with Crippen LogP contribution in [0, 0.1) is 0 Å². The zero-order valence-electron chi connectivity index (χ0n) is 16.1. The smallest absolute Gasteiger partial charge is 0.231 e. The van der Waals surface area contributed by atoms with Crippen molar-refractivity contribution in [3.63, 3.8) is 0 Å². The third-order valence-electron chi connectivity index (χ3n) is 5.48. The second-order valence-electron chi connectivity index (χ2n) is 7.43. The van der Waals surface area contributed by atoms with Crippen molar-refractivity contribution in [3.05, 3.63) is 46.2 Å². The molecule has 8 heteroatoms. The first-order chi connectivity index (χ1) is 13.7. The van der Waals surface area contributed by atoms with Crippen molar-refractivity contribution in [3.8, 4) is 11.5 Å². The van der Waals surface area contributed by atoms with Crippen molar-refractivity contribution >= 4 is 28.7 Å². The lowest BCUT2D eigenvalue weighted by atomic mass is 10.1. The van der Waals surface area contributed by atoms with Crippen molar-refractivity contribution in [2.45, 2.75) is 12.6 Å². The van der Waals surface area contributed by atoms with Crippen LogP contribution in [0.25, 0.3) is 0 Å². The molecular weight excluding hydrogens is 392 g/mol. The number of thiophene rings is 1. The van der Waals surface area contributed by atoms with E-state index in [1.54, 1.807) is 9.80 Å². The van der Waals surface area contributed by atoms with E-state index in [1.807, 2.05) is 29.5 Å². The van der Waals surface area contributed by atoms with E-state index in [4.69, 9.17) is 21.7 Å². The zero-order chi connectivity index (χ0) is 19.3. The van der Waals surface area contributed by atoms with Gasteiger partial charge in [0.1, 0.15) is 32.2 Å². The summed E-state index contributed by atoms with van der Waals surface area (Å²) in [5.74, 6) is 1.61. The van der Waals surface area contributed by atoms with Gasteiger partial charge in [-0.2, -0.15) is 0 Å². The Hall–Kier alpha value is -1.87. The lowest BCUT2D eigenvalue weighted by molar-refractivity contribution is -1.02. The molecule has 1 atom stereocenters. The van der Waals surface area contributed by atoms with Crippen LogP contribution in [0.4, 0.5) is 0 Å². The molecule has 0 spiro atoms. The molecule has 1 fully saturated rings. The average Bonchev–Trinajstić information content (AvgIpc) is 3.39. The Morgan fingerprint density at radius 1 is 1.14 bits per heavy atom. The Morgan fingerprint density at radius 2 is 1.96 bits per heavy atom. The summed E-state index contributed by atoms with van der Waals surface area (Å²) in [5, 5.41) is 9.62. The van der Waals surface area contributed by atoms with Gasteiger partial charge in [0.25, 0.3) is 0 Å². The van der Waals surface area contributed by atoms with E-state index in [-0.39, 0.29) is 0 Å². The monoisotopic (exact) mass is 420 g/mol. The van der Waals surface area contributed by atoms with Gasteiger partial charge in [0.05, 0.1) is 18.5 Å². The van der Waals surface area contributed by atoms with Gasteiger partial charge >= 0.3 is 0 Å². The number of hydrogen-bond donors (Lipinski definition) is 4. The molecule has 150 valence electrons. The number of likely N-dealkylation sites (N-methyl/N-ethyl adjacent to an activating group) is 1. The third kappa shape index (κ3) is 4.75. The highest BCUT2D eigenvalue weighted by atomic mass is 32.1. The predicted octanol–water partition coefficient (Wildman–Crippen LogP) is -0.405. The quantitative estimate of drug-likeness (QED) is 0.479. The first kappa shape index (κ1) is 19.4. The Bertz CT molecular complexity index is 792. The minimum atomic E-state index is 0.298. The molecule has 4 N–H and O–H groups in total. The number of benzene rings is 1. The van der Waals surface area contributed by atoms with Crippen LogP contribution < -0.4 is 29.9 Å². The highest BCUT2D eigenvalue weighted by Gasteiger charge is 2.30. The van der Waals surface area contributed by atoms with Gasteiger partial charge in [-0.1, -0.05) is 12.1 Å². The van der Waals surface area contributed by atoms with E-state index >= 15 is 0 Å². The molecule has 6 nitrogen and oxygen atoms in total. The molecule has 1 aromatic heterocycles. The summed E-state index contributed by atoms with van der Waals surface area (Å²) in [6.07, 6.45) is 0. The van der Waals surface area contributed by atoms with E-state index in [2.05, 4.69) is 35.2 Å². The SMILES string of the molecule is C[NH+]1CC[NH+]([C@@H](CNC(=S)NCc2ccc3c(c2)OCO3)c2cccs2)CC1. The lowest BCUT2D eigenvalue weighted by Gasteiger charge is -2.33. The second-order valence-corrected chi connectivity index (χ2v) is 8.82. The minimum absolute atomic E-state index is 0.298. The molecule has 1 saturated heterocycles. The van der Waals surface area contributed by atoms with E-state index in [0.29, 0.717) is 24.5 Å². The molecule has 0 unspecified atom stereocenters. The molecule has 2 aliphatic heterocycles. The van der Waals surface area contributed by atoms with Crippen LogP contribution in [0.3, 0.4) is 0 Å². The van der Waals surface area contributed by atoms with Crippen LogP contribution in [-0.4, -0.2) is 51.7 Å². The standard InChI is InChI=1S/C20H26N4O2S2/c1-23-6-8-24(9-7-23)16(19-3-2-10-28-19)13-22-20(27)21-12-15-4-5-17-18(11-15)26-14-25-17/h2-5,10-11,16H,6-9,12-14H2,1H3,(H2,21,22,27)/p+2/t16-/m0/s1. The first-order valence-electron chi connectivity index (χ1n) is 9.78. The fraction of sp³-hybridized carbons (Fsp3) is 0.450. The highest BCUT2D eigenvalue weighted by Crippen LogP contribution is 2.32. The van der Waals surface area contributed by atoms with Crippen LogP contribution in [0.1, 0.15) is 16.5 Å². The summed E-state index contributed by atoms with van der Waals surface area (Å²) in [6.45, 7) is 6.67. The largest absolute Gasteiger partial charge is 0.454 e. The summed E-state index contributed by atoms with van der Waals surface area (Å²) < 4.78 is 10.8. The van der Waals surface area contributed by atoms with Crippen LogP contribution in [0.2, 0.25) is 0 Å². The maximum atomic E-state index is 5.53. The summed E-state index contributed by atoms with van der Waals surface area (Å²) in [4.78, 5) is 4.71. The normalized spacial score (nSPS) is 21.9. The second kappa shape index (κ2) is 9.09. The zero-order valence-corrected chi connectivity index (χ0v) is 17.8. The fourth-order valence-corrected chi connectivity index (χ4v) is 4.81. The Balaban J connectivity index is 1.30. The number of fused-ring (bicyclic) bond motifs is 1. The average molecular weight is 421 g/mol. The third-order valence-corrected chi connectivity index (χ3v) is 6.76. The van der Waals surface area contributed by atoms with Gasteiger partial charge in [0, 0.05) is 6.54 Å². The molecule has 0 saturated carbocycles. The summed E-state index contributed by atoms with van der Waals surface area (Å²) in [7, 11) is 2.28. The van der Waals surface area contributed by atoms with Crippen LogP contribution in [-0.2, 0) is 6.54 Å². The Labute approximate surface area is 175 Å². The Kier molecular flexibility index (Phi) is 6.31. The summed E-state index contributed by atoms with van der Waals surface area (Å²) in [6, 6.07) is 10.8. The van der Waals surface area contributed by atoms with E-state index in [0.717, 1.165) is 23.6 Å². The number of nitrogens with one attached hydrogen (secondary N) is 4. The number of thiocarbonyl (C=S) groups is 1. The Morgan fingerprint density at radius 3 is 2.75 bits per heavy atom. The van der Waals surface area contributed by atoms with Gasteiger partial charge in [-0.15, -0.1) is 11.3 Å². The maximum Gasteiger partial charge on any atom is 0.231 e. The molecule has 0 bridgehead atoms. The van der Waals surface area contributed by atoms with Crippen molar-refractivity contribution < 1.29 is 19.3 Å². The molecule has 0 radical (unpaired) electrons. The first-order valence-corrected chi connectivity index (χ1v) is 11.1. The van der Waals surface area contributed by atoms with Gasteiger partial charge in [0.15, 0.2) is 16.6 Å². The van der Waals surface area contributed by atoms with Gasteiger partial charge < -0.3 is 29.9 Å². The molecule has 3 heterocycles. The molecule has 0 amide bonds. The van der Waals surface area contributed by atoms with Crippen molar-refractivity contribution in [1.82, 2.24) is 10.6 Å². The topological polar surface area (TPSA) is 51.4 Å². The lowest BCUT2D eigenvalue weighted by Crippen LogP contribution is -3.27. The molecule has 28 heavy (non-hydrogen) atoms. The van der Waals surface area contributed by atoms with Crippen molar-refractivity contribution in [1.29, 1.82) is 0 Å². The summed E-state index contributed by atoms with van der Waals surface area (Å²) in [5.41, 5.74) is 1.12. The minimum Gasteiger partial charge on any atom is -0.454 e. The highest BCUT2D eigenvalue weighted by molar-refractivity contribution is 7.80. The molecule has 2 aromatic rings. The van der Waals surface area contributed by atoms with Gasteiger partial charge in [-0.25, -0.2) is 0 Å². The van der Waals surface area contributed by atoms with Crippen LogP contribution in [0.15, 0.2) is 35.7 Å². The van der Waals surface area contributed by atoms with Gasteiger partial charge in [0.2, 0.25) is 6.79 Å². The predicted molar refractivity (Wildman–Crippen MR) is 114 cm³/mol. The number of ether oxygens (including phenoxy) is 2. The van der Waals surface area contributed by atoms with Crippen LogP contribution >= 0.6 is 23.6 Å². The fourth-order valence-electron chi connectivity index (χ4n) is 3.77. The van der Waals surface area contributed by atoms with E-state index in [9.17, 15) is 0 Å². The number of quaternary nitrogens is 2. The van der Waals surface area contributed by atoms with Crippen LogP contribution in [0.5, 0.6) is 11.5 Å². The van der Waals surface area contributed by atoms with Crippen molar-refractivity contribution in [2.24, 2.45) is 0 Å². The van der Waals surface area contributed by atoms with Crippen molar-refractivity contribution in [2.75, 3.05) is 46.6 Å². The number of hydrogen-bond acceptors (Lipinski definition) is 4. The molecule has 1 aromatic carbocycles. The van der Waals surface area contributed by atoms with Gasteiger partial charge in [-0.05, 0) is 41.4 Å². The maximum absolute atomic E-state index is 5.53. The molecule has 2 aliphatic rings. The van der Waals surface area contributed by atoms with E-state index < -0.39 is 0 Å². The number of rotatable bonds is 6. The molecule has 0 aliphatic carbocycles. The van der Waals surface area contributed by atoms with E-state index in [1.165, 1.54) is 31.1 Å². The summed E-state index contributed by atoms with van der Waals surface area (Å²) >= 11 is 7.37. The van der Waals surface area contributed by atoms with Gasteiger partial charge in [-0.3, -0.25) is 0 Å².